The van der Waals surface area contributed by atoms with Crippen LogP contribution in [0.3, 0.4) is 0 Å². The van der Waals surface area contributed by atoms with Crippen LogP contribution in [0.15, 0.2) is 48.5 Å². The normalized spacial score (nSPS) is 10.7. The molecule has 0 spiro atoms. The number of ether oxygens (including phenoxy) is 1. The third-order valence-electron chi connectivity index (χ3n) is 3.72. The van der Waals surface area contributed by atoms with Crippen molar-refractivity contribution >= 4 is 28.2 Å². The Labute approximate surface area is 140 Å². The SMILES string of the molecule is Cc1nnc(N(C)CCOc2ccc(Cl)cc2)c2ccccc12. The summed E-state index contributed by atoms with van der Waals surface area (Å²) in [5, 5.41) is 11.5. The third-order valence-corrected chi connectivity index (χ3v) is 3.98. The molecule has 3 rings (SSSR count). The van der Waals surface area contributed by atoms with Gasteiger partial charge in [0.05, 0.1) is 12.2 Å². The quantitative estimate of drug-likeness (QED) is 0.707. The van der Waals surface area contributed by atoms with Gasteiger partial charge >= 0.3 is 0 Å². The minimum absolute atomic E-state index is 0.558. The summed E-state index contributed by atoms with van der Waals surface area (Å²) in [6.45, 7) is 3.25. The minimum atomic E-state index is 0.558. The number of aromatic nitrogens is 2. The number of anilines is 1. The lowest BCUT2D eigenvalue weighted by atomic mass is 10.1. The van der Waals surface area contributed by atoms with E-state index in [4.69, 9.17) is 16.3 Å². The number of likely N-dealkylation sites (N-methyl/N-ethyl adjacent to an activating group) is 1. The van der Waals surface area contributed by atoms with Crippen LogP contribution in [-0.2, 0) is 0 Å². The van der Waals surface area contributed by atoms with E-state index in [9.17, 15) is 0 Å². The fraction of sp³-hybridized carbons (Fsp3) is 0.222. The van der Waals surface area contributed by atoms with Crippen LogP contribution in [0, 0.1) is 6.92 Å². The Kier molecular flexibility index (Phi) is 4.63. The first-order chi connectivity index (χ1) is 11.1. The van der Waals surface area contributed by atoms with Crippen molar-refractivity contribution in [3.8, 4) is 5.75 Å². The Bertz CT molecular complexity index is 805. The van der Waals surface area contributed by atoms with Gasteiger partial charge in [-0.1, -0.05) is 35.9 Å². The molecule has 0 amide bonds. The van der Waals surface area contributed by atoms with E-state index in [1.807, 2.05) is 50.4 Å². The summed E-state index contributed by atoms with van der Waals surface area (Å²) in [6, 6.07) is 15.5. The number of rotatable bonds is 5. The predicted molar refractivity (Wildman–Crippen MR) is 94.5 cm³/mol. The van der Waals surface area contributed by atoms with Gasteiger partial charge in [-0.2, -0.15) is 5.10 Å². The Hall–Kier alpha value is -2.33. The van der Waals surface area contributed by atoms with Crippen molar-refractivity contribution in [2.24, 2.45) is 0 Å². The zero-order valence-corrected chi connectivity index (χ0v) is 13.9. The average molecular weight is 328 g/mol. The summed E-state index contributed by atoms with van der Waals surface area (Å²) in [4.78, 5) is 2.06. The van der Waals surface area contributed by atoms with Crippen LogP contribution in [-0.4, -0.2) is 30.4 Å². The molecule has 3 aromatic rings. The van der Waals surface area contributed by atoms with Crippen molar-refractivity contribution in [2.45, 2.75) is 6.92 Å². The van der Waals surface area contributed by atoms with Gasteiger partial charge in [0.1, 0.15) is 12.4 Å². The van der Waals surface area contributed by atoms with Crippen molar-refractivity contribution in [3.63, 3.8) is 0 Å². The monoisotopic (exact) mass is 327 g/mol. The molecule has 0 N–H and O–H groups in total. The molecule has 0 bridgehead atoms. The lowest BCUT2D eigenvalue weighted by molar-refractivity contribution is 0.325. The number of hydrogen-bond donors (Lipinski definition) is 0. The summed E-state index contributed by atoms with van der Waals surface area (Å²) < 4.78 is 5.74. The standard InChI is InChI=1S/C18H18ClN3O/c1-13-16-5-3-4-6-17(16)18(21-20-13)22(2)11-12-23-15-9-7-14(19)8-10-15/h3-10H,11-12H2,1-2H3. The molecule has 0 aliphatic rings. The van der Waals surface area contributed by atoms with Gasteiger partial charge in [0.15, 0.2) is 5.82 Å². The molecule has 0 unspecified atom stereocenters. The maximum atomic E-state index is 5.87. The van der Waals surface area contributed by atoms with Gasteiger partial charge in [0.2, 0.25) is 0 Å². The summed E-state index contributed by atoms with van der Waals surface area (Å²) in [7, 11) is 2.00. The van der Waals surface area contributed by atoms with Crippen molar-refractivity contribution in [1.82, 2.24) is 10.2 Å². The van der Waals surface area contributed by atoms with Crippen molar-refractivity contribution in [1.29, 1.82) is 0 Å². The van der Waals surface area contributed by atoms with Gasteiger partial charge in [-0.25, -0.2) is 0 Å². The molecule has 0 radical (unpaired) electrons. The molecular weight excluding hydrogens is 310 g/mol. The minimum Gasteiger partial charge on any atom is -0.492 e. The van der Waals surface area contributed by atoms with E-state index >= 15 is 0 Å². The van der Waals surface area contributed by atoms with Gasteiger partial charge < -0.3 is 9.64 Å². The van der Waals surface area contributed by atoms with Crippen LogP contribution >= 0.6 is 11.6 Å². The smallest absolute Gasteiger partial charge is 0.159 e. The average Bonchev–Trinajstić information content (AvgIpc) is 2.57. The second-order valence-electron chi connectivity index (χ2n) is 5.38. The molecule has 0 aliphatic carbocycles. The fourth-order valence-corrected chi connectivity index (χ4v) is 2.57. The third kappa shape index (κ3) is 3.54. The second kappa shape index (κ2) is 6.84. The van der Waals surface area contributed by atoms with Gasteiger partial charge in [0.25, 0.3) is 0 Å². The van der Waals surface area contributed by atoms with Crippen LogP contribution < -0.4 is 9.64 Å². The van der Waals surface area contributed by atoms with Crippen molar-refractivity contribution in [3.05, 3.63) is 59.2 Å². The number of hydrogen-bond acceptors (Lipinski definition) is 4. The highest BCUT2D eigenvalue weighted by Gasteiger charge is 2.10. The van der Waals surface area contributed by atoms with E-state index in [0.717, 1.165) is 28.0 Å². The van der Waals surface area contributed by atoms with E-state index in [1.54, 1.807) is 0 Å². The lowest BCUT2D eigenvalue weighted by Crippen LogP contribution is -2.25. The van der Waals surface area contributed by atoms with Crippen LogP contribution in [0.25, 0.3) is 10.8 Å². The molecule has 5 heteroatoms. The molecule has 0 saturated heterocycles. The molecule has 0 atom stereocenters. The number of benzene rings is 2. The summed E-state index contributed by atoms with van der Waals surface area (Å²) in [5.41, 5.74) is 0.940. The van der Waals surface area contributed by atoms with Crippen molar-refractivity contribution in [2.75, 3.05) is 25.1 Å². The van der Waals surface area contributed by atoms with Crippen LogP contribution in [0.5, 0.6) is 5.75 Å². The van der Waals surface area contributed by atoms with Gasteiger partial charge in [0, 0.05) is 22.8 Å². The first-order valence-electron chi connectivity index (χ1n) is 7.46. The molecule has 4 nitrogen and oxygen atoms in total. The Balaban J connectivity index is 1.70. The van der Waals surface area contributed by atoms with Crippen molar-refractivity contribution < 1.29 is 4.74 Å². The highest BCUT2D eigenvalue weighted by molar-refractivity contribution is 6.30. The molecule has 1 aromatic heterocycles. The van der Waals surface area contributed by atoms with Gasteiger partial charge in [-0.05, 0) is 31.2 Å². The zero-order chi connectivity index (χ0) is 16.2. The fourth-order valence-electron chi connectivity index (χ4n) is 2.44. The van der Waals surface area contributed by atoms with E-state index in [0.29, 0.717) is 18.2 Å². The van der Waals surface area contributed by atoms with Gasteiger partial charge in [-0.3, -0.25) is 0 Å². The van der Waals surface area contributed by atoms with E-state index in [2.05, 4.69) is 27.2 Å². The predicted octanol–water partition coefficient (Wildman–Crippen LogP) is 4.11. The molecule has 0 fully saturated rings. The first-order valence-corrected chi connectivity index (χ1v) is 7.84. The topological polar surface area (TPSA) is 38.2 Å². The molecule has 0 saturated carbocycles. The molecule has 1 heterocycles. The number of halogens is 1. The zero-order valence-electron chi connectivity index (χ0n) is 13.2. The number of aryl methyl sites for hydroxylation is 1. The molecule has 0 aliphatic heterocycles. The summed E-state index contributed by atoms with van der Waals surface area (Å²) in [6.07, 6.45) is 0. The van der Waals surface area contributed by atoms with E-state index < -0.39 is 0 Å². The molecular formula is C18H18ClN3O. The number of fused-ring (bicyclic) bond motifs is 1. The largest absolute Gasteiger partial charge is 0.492 e. The molecule has 23 heavy (non-hydrogen) atoms. The van der Waals surface area contributed by atoms with Crippen LogP contribution in [0.2, 0.25) is 5.02 Å². The summed E-state index contributed by atoms with van der Waals surface area (Å²) in [5.74, 6) is 1.67. The molecule has 118 valence electrons. The Morgan fingerprint density at radius 2 is 1.70 bits per heavy atom. The maximum absolute atomic E-state index is 5.87. The highest BCUT2D eigenvalue weighted by Crippen LogP contribution is 2.24. The lowest BCUT2D eigenvalue weighted by Gasteiger charge is -2.20. The maximum Gasteiger partial charge on any atom is 0.159 e. The van der Waals surface area contributed by atoms with E-state index in [1.165, 1.54) is 0 Å². The molecule has 2 aromatic carbocycles. The van der Waals surface area contributed by atoms with E-state index in [-0.39, 0.29) is 0 Å². The first kappa shape index (κ1) is 15.6. The van der Waals surface area contributed by atoms with Crippen LogP contribution in [0.4, 0.5) is 5.82 Å². The Morgan fingerprint density at radius 3 is 2.43 bits per heavy atom. The van der Waals surface area contributed by atoms with Crippen LogP contribution in [0.1, 0.15) is 5.69 Å². The number of nitrogens with zero attached hydrogens (tertiary/aromatic N) is 3. The Morgan fingerprint density at radius 1 is 1.00 bits per heavy atom. The second-order valence-corrected chi connectivity index (χ2v) is 5.81. The highest BCUT2D eigenvalue weighted by atomic mass is 35.5. The van der Waals surface area contributed by atoms with Gasteiger partial charge in [-0.15, -0.1) is 5.10 Å². The summed E-state index contributed by atoms with van der Waals surface area (Å²) >= 11 is 5.87.